The van der Waals surface area contributed by atoms with E-state index in [2.05, 4.69) is 0 Å². The Hall–Kier alpha value is -3.11. The van der Waals surface area contributed by atoms with Crippen LogP contribution in [0.1, 0.15) is 89.6 Å². The standard InChI is InChI=1S/C28H33NO8/c1-12(2)23(31)18(29)9-13(3)37-19-11-28(36,14(4)30)10-17-20(19)27(35)22-21(26(17)34)24(32)15-7-5-6-8-16(15)25(22)33/h5-8,12-13,18-19,23,31,34-36H,9-11,29H2,1-4H3. The molecule has 0 aromatic heterocycles. The zero-order chi connectivity index (χ0) is 27.4. The average molecular weight is 512 g/mol. The first kappa shape index (κ1) is 26.9. The molecule has 2 aliphatic carbocycles. The molecule has 6 N–H and O–H groups in total. The summed E-state index contributed by atoms with van der Waals surface area (Å²) in [4.78, 5) is 39.1. The van der Waals surface area contributed by atoms with E-state index >= 15 is 0 Å². The van der Waals surface area contributed by atoms with Crippen molar-refractivity contribution in [2.24, 2.45) is 11.7 Å². The molecule has 0 aliphatic heterocycles. The van der Waals surface area contributed by atoms with Crippen LogP contribution in [0.2, 0.25) is 0 Å². The molecule has 198 valence electrons. The number of benzene rings is 2. The summed E-state index contributed by atoms with van der Waals surface area (Å²) < 4.78 is 6.15. The maximum atomic E-state index is 13.3. The number of hydrogen-bond acceptors (Lipinski definition) is 9. The van der Waals surface area contributed by atoms with Gasteiger partial charge in [-0.1, -0.05) is 38.1 Å². The number of aromatic hydroxyl groups is 2. The van der Waals surface area contributed by atoms with Gasteiger partial charge in [-0.05, 0) is 26.2 Å². The van der Waals surface area contributed by atoms with Gasteiger partial charge in [0, 0.05) is 41.1 Å². The fourth-order valence-corrected chi connectivity index (χ4v) is 5.42. The monoisotopic (exact) mass is 511 g/mol. The van der Waals surface area contributed by atoms with Crippen LogP contribution in [-0.2, 0) is 16.0 Å². The van der Waals surface area contributed by atoms with E-state index < -0.39 is 58.8 Å². The Bertz CT molecular complexity index is 1290. The zero-order valence-corrected chi connectivity index (χ0v) is 21.3. The maximum Gasteiger partial charge on any atom is 0.198 e. The number of aliphatic hydroxyl groups excluding tert-OH is 1. The van der Waals surface area contributed by atoms with Crippen LogP contribution >= 0.6 is 0 Å². The highest BCUT2D eigenvalue weighted by molar-refractivity contribution is 6.30. The predicted molar refractivity (Wildman–Crippen MR) is 134 cm³/mol. The molecule has 0 spiro atoms. The van der Waals surface area contributed by atoms with Gasteiger partial charge in [-0.2, -0.15) is 0 Å². The minimum absolute atomic E-state index is 0.0237. The van der Waals surface area contributed by atoms with Crippen LogP contribution in [0.25, 0.3) is 0 Å². The number of phenols is 2. The van der Waals surface area contributed by atoms with Crippen molar-refractivity contribution < 1.29 is 39.5 Å². The highest BCUT2D eigenvalue weighted by Gasteiger charge is 2.48. The molecule has 0 saturated carbocycles. The molecule has 2 aliphatic rings. The van der Waals surface area contributed by atoms with Gasteiger partial charge in [-0.25, -0.2) is 0 Å². The number of aliphatic hydroxyl groups is 2. The smallest absolute Gasteiger partial charge is 0.198 e. The van der Waals surface area contributed by atoms with Crippen LogP contribution in [-0.4, -0.2) is 61.6 Å². The van der Waals surface area contributed by atoms with Gasteiger partial charge >= 0.3 is 0 Å². The second kappa shape index (κ2) is 9.64. The Morgan fingerprint density at radius 2 is 1.62 bits per heavy atom. The lowest BCUT2D eigenvalue weighted by molar-refractivity contribution is -0.143. The number of fused-ring (bicyclic) bond motifs is 3. The Balaban J connectivity index is 1.83. The minimum Gasteiger partial charge on any atom is -0.507 e. The first-order valence-electron chi connectivity index (χ1n) is 12.4. The second-order valence-electron chi connectivity index (χ2n) is 10.6. The lowest BCUT2D eigenvalue weighted by Crippen LogP contribution is -2.46. The fraction of sp³-hybridized carbons (Fsp3) is 0.464. The second-order valence-corrected chi connectivity index (χ2v) is 10.6. The summed E-state index contributed by atoms with van der Waals surface area (Å²) in [5, 5.41) is 44.1. The number of rotatable bonds is 7. The Labute approximate surface area is 214 Å². The van der Waals surface area contributed by atoms with Crippen molar-refractivity contribution in [3.63, 3.8) is 0 Å². The van der Waals surface area contributed by atoms with Crippen LogP contribution in [0.5, 0.6) is 11.5 Å². The third-order valence-corrected chi connectivity index (χ3v) is 7.55. The molecule has 0 fully saturated rings. The molecule has 0 amide bonds. The molecular weight excluding hydrogens is 478 g/mol. The quantitative estimate of drug-likeness (QED) is 0.299. The molecule has 0 saturated heterocycles. The highest BCUT2D eigenvalue weighted by Crippen LogP contribution is 2.51. The van der Waals surface area contributed by atoms with E-state index in [0.29, 0.717) is 0 Å². The topological polar surface area (TPSA) is 167 Å². The SMILES string of the molecule is CC(=O)C1(O)Cc2c(O)c3c(c(O)c2C(OC(C)CC(N)C(O)C(C)C)C1)C(=O)c1ccccc1C3=O. The molecule has 4 rings (SSSR count). The van der Waals surface area contributed by atoms with Crippen LogP contribution in [0.3, 0.4) is 0 Å². The molecule has 2 aromatic carbocycles. The number of hydrogen-bond donors (Lipinski definition) is 5. The Morgan fingerprint density at radius 1 is 1.08 bits per heavy atom. The van der Waals surface area contributed by atoms with Crippen molar-refractivity contribution in [3.05, 3.63) is 57.6 Å². The van der Waals surface area contributed by atoms with Crippen LogP contribution in [0.4, 0.5) is 0 Å². The molecule has 0 bridgehead atoms. The van der Waals surface area contributed by atoms with Crippen molar-refractivity contribution in [1.82, 2.24) is 0 Å². The summed E-state index contributed by atoms with van der Waals surface area (Å²) in [7, 11) is 0. The van der Waals surface area contributed by atoms with E-state index in [-0.39, 0.29) is 58.6 Å². The fourth-order valence-electron chi connectivity index (χ4n) is 5.42. The summed E-state index contributed by atoms with van der Waals surface area (Å²) in [5.41, 5.74) is 3.73. The van der Waals surface area contributed by atoms with Crippen molar-refractivity contribution in [2.45, 2.75) is 76.9 Å². The number of ketones is 3. The van der Waals surface area contributed by atoms with E-state index in [1.165, 1.54) is 19.1 Å². The van der Waals surface area contributed by atoms with Gasteiger partial charge in [0.2, 0.25) is 0 Å². The normalized spacial score (nSPS) is 23.2. The molecule has 9 heteroatoms. The summed E-state index contributed by atoms with van der Waals surface area (Å²) >= 11 is 0. The van der Waals surface area contributed by atoms with E-state index in [9.17, 15) is 34.8 Å². The molecule has 0 radical (unpaired) electrons. The Morgan fingerprint density at radius 3 is 2.14 bits per heavy atom. The summed E-state index contributed by atoms with van der Waals surface area (Å²) in [6, 6.07) is 5.50. The Kier molecular flexibility index (Phi) is 7.02. The molecular formula is C28H33NO8. The van der Waals surface area contributed by atoms with Crippen molar-refractivity contribution in [3.8, 4) is 11.5 Å². The van der Waals surface area contributed by atoms with E-state index in [0.717, 1.165) is 0 Å². The number of nitrogens with two attached hydrogens (primary N) is 1. The molecule has 5 unspecified atom stereocenters. The first-order chi connectivity index (χ1) is 17.3. The molecule has 37 heavy (non-hydrogen) atoms. The lowest BCUT2D eigenvalue weighted by Gasteiger charge is -2.39. The zero-order valence-electron chi connectivity index (χ0n) is 21.3. The van der Waals surface area contributed by atoms with Crippen molar-refractivity contribution in [1.29, 1.82) is 0 Å². The first-order valence-corrected chi connectivity index (χ1v) is 12.4. The van der Waals surface area contributed by atoms with Gasteiger partial charge in [-0.15, -0.1) is 0 Å². The summed E-state index contributed by atoms with van der Waals surface area (Å²) in [6.07, 6.45) is -2.86. The summed E-state index contributed by atoms with van der Waals surface area (Å²) in [6.45, 7) is 6.58. The molecule has 5 atom stereocenters. The minimum atomic E-state index is -1.94. The number of carbonyl (C=O) groups excluding carboxylic acids is 3. The third-order valence-electron chi connectivity index (χ3n) is 7.55. The van der Waals surface area contributed by atoms with Gasteiger partial charge in [0.15, 0.2) is 17.3 Å². The lowest BCUT2D eigenvalue weighted by atomic mass is 9.72. The average Bonchev–Trinajstić information content (AvgIpc) is 2.83. The summed E-state index contributed by atoms with van der Waals surface area (Å²) in [5.74, 6) is -3.01. The van der Waals surface area contributed by atoms with Gasteiger partial charge in [0.25, 0.3) is 0 Å². The molecule has 2 aromatic rings. The van der Waals surface area contributed by atoms with Gasteiger partial charge in [-0.3, -0.25) is 14.4 Å². The number of Topliss-reactive ketones (excluding diaryl/α,β-unsaturated/α-hetero) is 1. The van der Waals surface area contributed by atoms with Crippen molar-refractivity contribution in [2.75, 3.05) is 0 Å². The van der Waals surface area contributed by atoms with Crippen molar-refractivity contribution >= 4 is 17.3 Å². The number of carbonyl (C=O) groups is 3. The van der Waals surface area contributed by atoms with Crippen LogP contribution in [0.15, 0.2) is 24.3 Å². The van der Waals surface area contributed by atoms with Gasteiger partial charge in [0.05, 0.1) is 29.4 Å². The van der Waals surface area contributed by atoms with Gasteiger partial charge < -0.3 is 30.9 Å². The van der Waals surface area contributed by atoms with Crippen LogP contribution < -0.4 is 5.73 Å². The van der Waals surface area contributed by atoms with Crippen LogP contribution in [0, 0.1) is 5.92 Å². The largest absolute Gasteiger partial charge is 0.507 e. The highest BCUT2D eigenvalue weighted by atomic mass is 16.5. The van der Waals surface area contributed by atoms with E-state index in [1.807, 2.05) is 13.8 Å². The van der Waals surface area contributed by atoms with E-state index in [1.54, 1.807) is 19.1 Å². The van der Waals surface area contributed by atoms with Gasteiger partial charge in [0.1, 0.15) is 17.1 Å². The number of ether oxygens (including phenoxy) is 1. The maximum absolute atomic E-state index is 13.3. The third kappa shape index (κ3) is 4.46. The van der Waals surface area contributed by atoms with E-state index in [4.69, 9.17) is 10.5 Å². The predicted octanol–water partition coefficient (Wildman–Crippen LogP) is 2.32. The molecule has 0 heterocycles. The number of phenolic OH excluding ortho intramolecular Hbond substituents is 2. The molecule has 9 nitrogen and oxygen atoms in total.